The Hall–Kier alpha value is -1.93. The third-order valence-electron chi connectivity index (χ3n) is 5.86. The first kappa shape index (κ1) is 21.8. The minimum absolute atomic E-state index is 0.0165. The maximum atomic E-state index is 13.1. The van der Waals surface area contributed by atoms with Crippen molar-refractivity contribution in [1.29, 1.82) is 0 Å². The fourth-order valence-electron chi connectivity index (χ4n) is 3.78. The fourth-order valence-corrected chi connectivity index (χ4v) is 5.11. The predicted molar refractivity (Wildman–Crippen MR) is 111 cm³/mol. The molecule has 3 rings (SSSR count). The number of rotatable bonds is 7. The van der Waals surface area contributed by atoms with Crippen LogP contribution in [0.4, 0.5) is 0 Å². The molecule has 0 bridgehead atoms. The number of piperidine rings is 1. The molecule has 1 saturated heterocycles. The number of carbonyl (C=O) groups excluding carboxylic acids is 2. The van der Waals surface area contributed by atoms with Crippen LogP contribution in [0, 0.1) is 12.8 Å². The Labute approximate surface area is 173 Å². The average Bonchev–Trinajstić information content (AvgIpc) is 3.52. The summed E-state index contributed by atoms with van der Waals surface area (Å²) in [6.07, 6.45) is 3.00. The highest BCUT2D eigenvalue weighted by Gasteiger charge is 2.31. The highest BCUT2D eigenvalue weighted by Crippen LogP contribution is 2.25. The van der Waals surface area contributed by atoms with Gasteiger partial charge in [-0.25, -0.2) is 13.1 Å². The van der Waals surface area contributed by atoms with E-state index < -0.39 is 10.0 Å². The first-order valence-corrected chi connectivity index (χ1v) is 12.0. The second-order valence-corrected chi connectivity index (χ2v) is 9.66. The molecule has 2 amide bonds. The lowest BCUT2D eigenvalue weighted by molar-refractivity contribution is -0.136. The van der Waals surface area contributed by atoms with E-state index in [0.29, 0.717) is 44.6 Å². The molecule has 1 aliphatic heterocycles. The number of carbonyl (C=O) groups is 2. The van der Waals surface area contributed by atoms with E-state index in [4.69, 9.17) is 0 Å². The number of nitrogens with zero attached hydrogens (tertiary/aromatic N) is 2. The van der Waals surface area contributed by atoms with Crippen LogP contribution >= 0.6 is 0 Å². The molecule has 160 valence electrons. The van der Waals surface area contributed by atoms with Gasteiger partial charge in [0.05, 0.1) is 4.90 Å². The third-order valence-corrected chi connectivity index (χ3v) is 7.37. The van der Waals surface area contributed by atoms with Gasteiger partial charge in [-0.15, -0.1) is 0 Å². The number of hydrogen-bond acceptors (Lipinski definition) is 4. The summed E-state index contributed by atoms with van der Waals surface area (Å²) in [5.74, 6) is -0.0493. The van der Waals surface area contributed by atoms with E-state index in [9.17, 15) is 18.0 Å². The van der Waals surface area contributed by atoms with E-state index in [0.717, 1.165) is 18.4 Å². The summed E-state index contributed by atoms with van der Waals surface area (Å²) < 4.78 is 27.7. The minimum atomic E-state index is -3.61. The molecule has 0 spiro atoms. The molecule has 29 heavy (non-hydrogen) atoms. The molecule has 2 fully saturated rings. The Morgan fingerprint density at radius 1 is 1.10 bits per heavy atom. The molecule has 1 aromatic carbocycles. The summed E-state index contributed by atoms with van der Waals surface area (Å²) in [5, 5.41) is 0. The number of sulfonamides is 1. The third kappa shape index (κ3) is 4.98. The zero-order chi connectivity index (χ0) is 21.2. The fraction of sp³-hybridized carbons (Fsp3) is 0.619. The molecule has 7 nitrogen and oxygen atoms in total. The summed E-state index contributed by atoms with van der Waals surface area (Å²) in [6.45, 7) is 8.17. The Morgan fingerprint density at radius 2 is 1.72 bits per heavy atom. The van der Waals surface area contributed by atoms with Gasteiger partial charge in [0.1, 0.15) is 0 Å². The van der Waals surface area contributed by atoms with Crippen LogP contribution in [-0.2, 0) is 14.8 Å². The summed E-state index contributed by atoms with van der Waals surface area (Å²) in [7, 11) is -3.61. The summed E-state index contributed by atoms with van der Waals surface area (Å²) in [5.41, 5.74) is 1.17. The molecule has 0 unspecified atom stereocenters. The first-order valence-electron chi connectivity index (χ1n) is 10.5. The maximum Gasteiger partial charge on any atom is 0.254 e. The van der Waals surface area contributed by atoms with Crippen LogP contribution in [0.1, 0.15) is 55.5 Å². The largest absolute Gasteiger partial charge is 0.343 e. The molecule has 1 aliphatic carbocycles. The molecule has 1 heterocycles. The van der Waals surface area contributed by atoms with E-state index in [1.165, 1.54) is 6.07 Å². The number of hydrogen-bond donors (Lipinski definition) is 1. The van der Waals surface area contributed by atoms with Crippen molar-refractivity contribution in [3.63, 3.8) is 0 Å². The summed E-state index contributed by atoms with van der Waals surface area (Å²) >= 11 is 0. The van der Waals surface area contributed by atoms with Crippen LogP contribution in [0.15, 0.2) is 23.1 Å². The molecule has 1 N–H and O–H groups in total. The lowest BCUT2D eigenvalue weighted by Crippen LogP contribution is -2.44. The Balaban J connectivity index is 1.69. The highest BCUT2D eigenvalue weighted by molar-refractivity contribution is 7.89. The van der Waals surface area contributed by atoms with Crippen LogP contribution < -0.4 is 4.72 Å². The van der Waals surface area contributed by atoms with Crippen LogP contribution in [0.2, 0.25) is 0 Å². The van der Waals surface area contributed by atoms with Gasteiger partial charge in [0.25, 0.3) is 5.91 Å². The standard InChI is InChI=1S/C21H31N3O4S/c1-4-23(5-2)20(25)16-10-12-24(13-11-16)21(26)19-14-18(9-6-15(19)3)29(27,28)22-17-7-8-17/h6,9,14,16-17,22H,4-5,7-8,10-13H2,1-3H3. The van der Waals surface area contributed by atoms with Crippen LogP contribution in [-0.4, -0.2) is 62.3 Å². The van der Waals surface area contributed by atoms with Crippen molar-refractivity contribution in [2.75, 3.05) is 26.2 Å². The number of likely N-dealkylation sites (tertiary alicyclic amines) is 1. The van der Waals surface area contributed by atoms with Crippen molar-refractivity contribution in [2.24, 2.45) is 5.92 Å². The number of nitrogens with one attached hydrogen (secondary N) is 1. The molecule has 8 heteroatoms. The van der Waals surface area contributed by atoms with Gasteiger partial charge in [0.2, 0.25) is 15.9 Å². The Kier molecular flexibility index (Phi) is 6.63. The average molecular weight is 422 g/mol. The van der Waals surface area contributed by atoms with Crippen molar-refractivity contribution in [3.8, 4) is 0 Å². The van der Waals surface area contributed by atoms with Gasteiger partial charge in [-0.3, -0.25) is 9.59 Å². The van der Waals surface area contributed by atoms with E-state index in [1.54, 1.807) is 17.0 Å². The van der Waals surface area contributed by atoms with Crippen LogP contribution in [0.3, 0.4) is 0 Å². The van der Waals surface area contributed by atoms with Crippen molar-refractivity contribution < 1.29 is 18.0 Å². The van der Waals surface area contributed by atoms with Crippen molar-refractivity contribution in [1.82, 2.24) is 14.5 Å². The van der Waals surface area contributed by atoms with Gasteiger partial charge >= 0.3 is 0 Å². The lowest BCUT2D eigenvalue weighted by Gasteiger charge is -2.34. The smallest absolute Gasteiger partial charge is 0.254 e. The molecule has 1 aromatic rings. The van der Waals surface area contributed by atoms with Gasteiger partial charge < -0.3 is 9.80 Å². The number of benzene rings is 1. The second kappa shape index (κ2) is 8.83. The highest BCUT2D eigenvalue weighted by atomic mass is 32.2. The molecule has 0 atom stereocenters. The first-order chi connectivity index (χ1) is 13.8. The quantitative estimate of drug-likeness (QED) is 0.731. The molecule has 0 aromatic heterocycles. The Morgan fingerprint density at radius 3 is 2.28 bits per heavy atom. The number of aryl methyl sites for hydroxylation is 1. The monoisotopic (exact) mass is 421 g/mol. The van der Waals surface area contributed by atoms with E-state index in [2.05, 4.69) is 4.72 Å². The molecule has 0 radical (unpaired) electrons. The predicted octanol–water partition coefficient (Wildman–Crippen LogP) is 2.16. The van der Waals surface area contributed by atoms with E-state index in [-0.39, 0.29) is 28.7 Å². The minimum Gasteiger partial charge on any atom is -0.343 e. The molecular formula is C21H31N3O4S. The van der Waals surface area contributed by atoms with Gasteiger partial charge in [0.15, 0.2) is 0 Å². The topological polar surface area (TPSA) is 86.8 Å². The van der Waals surface area contributed by atoms with Crippen molar-refractivity contribution in [2.45, 2.75) is 57.4 Å². The zero-order valence-corrected chi connectivity index (χ0v) is 18.3. The Bertz CT molecular complexity index is 868. The molecule has 2 aliphatic rings. The van der Waals surface area contributed by atoms with E-state index >= 15 is 0 Å². The SMILES string of the molecule is CCN(CC)C(=O)C1CCN(C(=O)c2cc(S(=O)(=O)NC3CC3)ccc2C)CC1. The van der Waals surface area contributed by atoms with Gasteiger partial charge in [-0.1, -0.05) is 6.07 Å². The normalized spacial score (nSPS) is 18.0. The summed E-state index contributed by atoms with van der Waals surface area (Å²) in [4.78, 5) is 29.3. The van der Waals surface area contributed by atoms with Gasteiger partial charge in [-0.05, 0) is 64.2 Å². The summed E-state index contributed by atoms with van der Waals surface area (Å²) in [6, 6.07) is 4.73. The second-order valence-electron chi connectivity index (χ2n) is 7.95. The van der Waals surface area contributed by atoms with Gasteiger partial charge in [0, 0.05) is 43.7 Å². The van der Waals surface area contributed by atoms with Crippen LogP contribution in [0.5, 0.6) is 0 Å². The number of amides is 2. The maximum absolute atomic E-state index is 13.1. The van der Waals surface area contributed by atoms with Crippen molar-refractivity contribution >= 4 is 21.8 Å². The van der Waals surface area contributed by atoms with Gasteiger partial charge in [-0.2, -0.15) is 0 Å². The van der Waals surface area contributed by atoms with Crippen LogP contribution in [0.25, 0.3) is 0 Å². The molecular weight excluding hydrogens is 390 g/mol. The lowest BCUT2D eigenvalue weighted by atomic mass is 9.94. The molecule has 1 saturated carbocycles. The zero-order valence-electron chi connectivity index (χ0n) is 17.5. The van der Waals surface area contributed by atoms with E-state index in [1.807, 2.05) is 25.7 Å². The van der Waals surface area contributed by atoms with Crippen molar-refractivity contribution in [3.05, 3.63) is 29.3 Å².